The van der Waals surface area contributed by atoms with Crippen LogP contribution < -0.4 is 16.5 Å². The lowest BCUT2D eigenvalue weighted by Crippen LogP contribution is -2.69. The van der Waals surface area contributed by atoms with Gasteiger partial charge in [-0.15, -0.1) is 0 Å². The summed E-state index contributed by atoms with van der Waals surface area (Å²) in [5.41, 5.74) is 5.21. The predicted octanol–water partition coefficient (Wildman–Crippen LogP) is 2.60. The van der Waals surface area contributed by atoms with Gasteiger partial charge >= 0.3 is 18.0 Å². The van der Waals surface area contributed by atoms with E-state index in [-0.39, 0.29) is 25.6 Å². The Morgan fingerprint density at radius 1 is 1.02 bits per heavy atom. The van der Waals surface area contributed by atoms with Gasteiger partial charge in [0.2, 0.25) is 5.96 Å². The molecule has 0 spiro atoms. The molecule has 1 saturated heterocycles. The van der Waals surface area contributed by atoms with Crippen LogP contribution in [0.1, 0.15) is 51.2 Å². The molecule has 1 fully saturated rings. The third-order valence-corrected chi connectivity index (χ3v) is 6.63. The summed E-state index contributed by atoms with van der Waals surface area (Å²) in [5, 5.41) is 24.0. The minimum absolute atomic E-state index is 0.0517. The number of hydrogen-bond acceptors (Lipinski definition) is 9. The first-order valence-electron chi connectivity index (χ1n) is 13.9. The maximum Gasteiger partial charge on any atom is 0.429 e. The summed E-state index contributed by atoms with van der Waals surface area (Å²) < 4.78 is 16.5. The van der Waals surface area contributed by atoms with Crippen LogP contribution in [0.3, 0.4) is 0 Å². The fourth-order valence-electron chi connectivity index (χ4n) is 4.62. The van der Waals surface area contributed by atoms with Crippen molar-refractivity contribution in [1.82, 2.24) is 15.8 Å². The molecule has 0 unspecified atom stereocenters. The second kappa shape index (κ2) is 14.6. The number of amides is 1. The number of rotatable bonds is 10. The molecule has 2 aromatic carbocycles. The molecule has 0 bridgehead atoms. The normalized spacial score (nSPS) is 16.0. The highest BCUT2D eigenvalue weighted by atomic mass is 16.6. The molecule has 0 saturated carbocycles. The zero-order chi connectivity index (χ0) is 30.8. The van der Waals surface area contributed by atoms with Crippen molar-refractivity contribution in [2.45, 2.75) is 70.5 Å². The Hall–Kier alpha value is -4.16. The number of esters is 2. The fourth-order valence-corrected chi connectivity index (χ4v) is 4.62. The Labute approximate surface area is 246 Å². The molecule has 6 N–H and O–H groups in total. The van der Waals surface area contributed by atoms with Crippen LogP contribution in [0.25, 0.3) is 0 Å². The molecule has 3 rings (SSSR count). The van der Waals surface area contributed by atoms with Gasteiger partial charge in [-0.2, -0.15) is 0 Å². The number of piperidine rings is 1. The van der Waals surface area contributed by atoms with E-state index in [0.29, 0.717) is 24.1 Å². The van der Waals surface area contributed by atoms with Gasteiger partial charge in [-0.3, -0.25) is 10.8 Å². The number of hydrogen-bond donors (Lipinski definition) is 5. The molecule has 228 valence electrons. The Bertz CT molecular complexity index is 1140. The topological polar surface area (TPSA) is 176 Å². The average molecular weight is 584 g/mol. The van der Waals surface area contributed by atoms with Crippen LogP contribution in [-0.4, -0.2) is 64.4 Å². The Morgan fingerprint density at radius 3 is 1.98 bits per heavy atom. The Kier molecular flexibility index (Phi) is 11.3. The van der Waals surface area contributed by atoms with Gasteiger partial charge in [-0.1, -0.05) is 60.7 Å². The lowest BCUT2D eigenvalue weighted by molar-refractivity contribution is -0.195. The van der Waals surface area contributed by atoms with Gasteiger partial charge in [-0.25, -0.2) is 19.4 Å². The van der Waals surface area contributed by atoms with Crippen molar-refractivity contribution >= 4 is 24.0 Å². The molecule has 0 radical (unpaired) electrons. The number of benzene rings is 2. The number of hydrazine groups is 1. The van der Waals surface area contributed by atoms with E-state index in [1.165, 1.54) is 0 Å². The number of ether oxygens (including phenoxy) is 3. The first kappa shape index (κ1) is 32.4. The number of nitrogens with two attached hydrogens (primary N) is 1. The van der Waals surface area contributed by atoms with Crippen LogP contribution in [0.4, 0.5) is 4.79 Å². The Balaban J connectivity index is 2.06. The monoisotopic (exact) mass is 583 g/mol. The Morgan fingerprint density at radius 2 is 1.55 bits per heavy atom. The molecule has 12 nitrogen and oxygen atoms in total. The smallest absolute Gasteiger partial charge is 0.429 e. The fraction of sp³-hybridized carbons (Fsp3) is 0.467. The van der Waals surface area contributed by atoms with Gasteiger partial charge in [0.15, 0.2) is 0 Å². The van der Waals surface area contributed by atoms with Crippen LogP contribution in [0, 0.1) is 11.3 Å². The molecule has 12 heteroatoms. The van der Waals surface area contributed by atoms with Crippen molar-refractivity contribution in [3.05, 3.63) is 71.8 Å². The van der Waals surface area contributed by atoms with E-state index in [1.54, 1.807) is 81.4 Å². The number of guanidine groups is 1. The second-order valence-electron chi connectivity index (χ2n) is 11.2. The summed E-state index contributed by atoms with van der Waals surface area (Å²) in [5.74, 6) is -3.49. The van der Waals surface area contributed by atoms with Crippen molar-refractivity contribution in [1.29, 1.82) is 5.41 Å². The van der Waals surface area contributed by atoms with Gasteiger partial charge < -0.3 is 30.4 Å². The van der Waals surface area contributed by atoms with E-state index >= 15 is 0 Å². The van der Waals surface area contributed by atoms with Crippen LogP contribution in [0.2, 0.25) is 0 Å². The third-order valence-electron chi connectivity index (χ3n) is 6.63. The lowest BCUT2D eigenvalue weighted by atomic mass is 9.83. The van der Waals surface area contributed by atoms with Crippen molar-refractivity contribution in [3.63, 3.8) is 0 Å². The van der Waals surface area contributed by atoms with Gasteiger partial charge in [0.05, 0.1) is 0 Å². The van der Waals surface area contributed by atoms with E-state index in [1.807, 2.05) is 0 Å². The average Bonchev–Trinajstić information content (AvgIpc) is 2.96. The van der Waals surface area contributed by atoms with E-state index in [9.17, 15) is 19.5 Å². The minimum Gasteiger partial charge on any atom is -0.458 e. The van der Waals surface area contributed by atoms with Crippen molar-refractivity contribution in [2.24, 2.45) is 11.7 Å². The summed E-state index contributed by atoms with van der Waals surface area (Å²) in [6, 6.07) is 15.8. The standard InChI is InChI=1S/C30H41N5O7/c1-29(2,3)42-28(38)35(34-27(31)32)24(17-23-15-10-16-33-18-23)30(39,25(36)40-19-21-11-6-4-7-12-21)26(37)41-20-22-13-8-5-9-14-22/h4-9,11-14,23-24,33,39H,10,15-20H2,1-3H3,(H4,31,32,34)/t23-,24+/m1/s1. The highest BCUT2D eigenvalue weighted by molar-refractivity contribution is 6.04. The van der Waals surface area contributed by atoms with E-state index in [2.05, 4.69) is 10.7 Å². The maximum absolute atomic E-state index is 13.8. The largest absolute Gasteiger partial charge is 0.458 e. The highest BCUT2D eigenvalue weighted by Gasteiger charge is 2.58. The van der Waals surface area contributed by atoms with Crippen molar-refractivity contribution in [3.8, 4) is 0 Å². The van der Waals surface area contributed by atoms with Gasteiger partial charge in [0, 0.05) is 0 Å². The number of nitrogens with one attached hydrogen (secondary N) is 3. The summed E-state index contributed by atoms with van der Waals surface area (Å²) in [4.78, 5) is 41.1. The van der Waals surface area contributed by atoms with E-state index < -0.39 is 41.2 Å². The molecule has 1 aliphatic rings. The summed E-state index contributed by atoms with van der Waals surface area (Å²) in [6.45, 7) is 5.68. The first-order valence-corrected chi connectivity index (χ1v) is 13.9. The summed E-state index contributed by atoms with van der Waals surface area (Å²) in [7, 11) is 0. The summed E-state index contributed by atoms with van der Waals surface area (Å²) >= 11 is 0. The van der Waals surface area contributed by atoms with Gasteiger partial charge in [-0.05, 0) is 70.2 Å². The molecule has 2 aromatic rings. The maximum atomic E-state index is 13.8. The first-order chi connectivity index (χ1) is 19.9. The molecule has 0 aliphatic carbocycles. The van der Waals surface area contributed by atoms with Crippen LogP contribution in [-0.2, 0) is 37.0 Å². The summed E-state index contributed by atoms with van der Waals surface area (Å²) in [6.07, 6.45) is 0.389. The van der Waals surface area contributed by atoms with Crippen molar-refractivity contribution in [2.75, 3.05) is 13.1 Å². The van der Waals surface area contributed by atoms with Gasteiger partial charge in [0.25, 0.3) is 5.60 Å². The van der Waals surface area contributed by atoms with Crippen LogP contribution >= 0.6 is 0 Å². The molecule has 0 aromatic heterocycles. The number of aliphatic hydroxyl groups is 1. The zero-order valence-electron chi connectivity index (χ0n) is 24.3. The van der Waals surface area contributed by atoms with E-state index in [4.69, 9.17) is 25.4 Å². The van der Waals surface area contributed by atoms with Crippen LogP contribution in [0.15, 0.2) is 60.7 Å². The van der Waals surface area contributed by atoms with E-state index in [0.717, 1.165) is 18.0 Å². The van der Waals surface area contributed by atoms with Gasteiger partial charge in [0.1, 0.15) is 24.9 Å². The molecular weight excluding hydrogens is 542 g/mol. The number of nitrogens with zero attached hydrogens (tertiary/aromatic N) is 1. The molecule has 1 aliphatic heterocycles. The lowest BCUT2D eigenvalue weighted by Gasteiger charge is -2.41. The minimum atomic E-state index is -3.03. The quantitative estimate of drug-likeness (QED) is 0.0698. The molecular formula is C30H41N5O7. The SMILES string of the molecule is CC(C)(C)OC(=O)N(NC(=N)N)[C@@H](C[C@H]1CCCNC1)C(O)(C(=O)OCc1ccccc1)C(=O)OCc1ccccc1. The molecule has 2 atom stereocenters. The van der Waals surface area contributed by atoms with Crippen molar-refractivity contribution < 1.29 is 33.7 Å². The second-order valence-corrected chi connectivity index (χ2v) is 11.2. The number of carbonyl (C=O) groups is 3. The molecule has 42 heavy (non-hydrogen) atoms. The predicted molar refractivity (Wildman–Crippen MR) is 155 cm³/mol. The highest BCUT2D eigenvalue weighted by Crippen LogP contribution is 2.30. The molecule has 1 heterocycles. The zero-order valence-corrected chi connectivity index (χ0v) is 24.3. The van der Waals surface area contributed by atoms with Crippen LogP contribution in [0.5, 0.6) is 0 Å². The number of carbonyl (C=O) groups excluding carboxylic acids is 3. The molecule has 1 amide bonds. The third kappa shape index (κ3) is 9.18.